The number of aryl methyl sites for hydroxylation is 2. The maximum atomic E-state index is 13.9. The number of alkyl halides is 7. The maximum Gasteiger partial charge on any atom is 0.460 e. The van der Waals surface area contributed by atoms with Crippen molar-refractivity contribution < 1.29 is 30.7 Å². The van der Waals surface area contributed by atoms with Crippen molar-refractivity contribution in [2.75, 3.05) is 0 Å². The van der Waals surface area contributed by atoms with Crippen LogP contribution in [0, 0.1) is 13.8 Å². The molecule has 0 nitrogen and oxygen atoms in total. The van der Waals surface area contributed by atoms with E-state index in [-0.39, 0.29) is 10.5 Å². The SMILES string of the molecule is Cc1cc(C)c(-c2ccc(Cl)cc2)c(SC(F)(F)C(F)(F)C(F)(F)F)c1. The lowest BCUT2D eigenvalue weighted by Crippen LogP contribution is -2.49. The molecule has 0 spiro atoms. The third-order valence-electron chi connectivity index (χ3n) is 3.54. The van der Waals surface area contributed by atoms with E-state index < -0.39 is 29.1 Å². The second-order valence-corrected chi connectivity index (χ2v) is 7.25. The summed E-state index contributed by atoms with van der Waals surface area (Å²) in [5, 5.41) is -5.02. The van der Waals surface area contributed by atoms with Crippen LogP contribution in [0.1, 0.15) is 11.1 Å². The molecule has 0 aromatic heterocycles. The van der Waals surface area contributed by atoms with Crippen molar-refractivity contribution in [2.24, 2.45) is 0 Å². The van der Waals surface area contributed by atoms with Gasteiger partial charge in [-0.05, 0) is 66.1 Å². The first kappa shape index (κ1) is 20.9. The summed E-state index contributed by atoms with van der Waals surface area (Å²) < 4.78 is 91.5. The highest BCUT2D eigenvalue weighted by molar-refractivity contribution is 8.00. The standard InChI is InChI=1S/C17H12ClF7S/c1-9-7-10(2)14(11-3-5-12(18)6-4-11)13(8-9)26-17(24,25)15(19,20)16(21,22)23/h3-8H,1-2H3. The molecule has 2 aromatic carbocycles. The van der Waals surface area contributed by atoms with Crippen molar-refractivity contribution in [3.05, 3.63) is 52.5 Å². The second kappa shape index (κ2) is 6.96. The summed E-state index contributed by atoms with van der Waals surface area (Å²) in [4.78, 5) is -0.376. The monoisotopic (exact) mass is 416 g/mol. The Morgan fingerprint density at radius 3 is 1.88 bits per heavy atom. The number of benzene rings is 2. The molecular formula is C17H12ClF7S. The van der Waals surface area contributed by atoms with Gasteiger partial charge in [-0.1, -0.05) is 29.8 Å². The van der Waals surface area contributed by atoms with Gasteiger partial charge in [0.1, 0.15) is 0 Å². The Kier molecular flexibility index (Phi) is 5.59. The molecule has 0 fully saturated rings. The highest BCUT2D eigenvalue weighted by atomic mass is 35.5. The third-order valence-corrected chi connectivity index (χ3v) is 4.84. The third kappa shape index (κ3) is 3.96. The Hall–Kier alpha value is -1.41. The lowest BCUT2D eigenvalue weighted by atomic mass is 9.99. The van der Waals surface area contributed by atoms with Crippen molar-refractivity contribution in [1.82, 2.24) is 0 Å². The van der Waals surface area contributed by atoms with Gasteiger partial charge in [-0.25, -0.2) is 0 Å². The molecule has 0 unspecified atom stereocenters. The van der Waals surface area contributed by atoms with Crippen LogP contribution in [0.15, 0.2) is 41.3 Å². The number of hydrogen-bond acceptors (Lipinski definition) is 1. The molecule has 0 aliphatic heterocycles. The highest BCUT2D eigenvalue weighted by Crippen LogP contribution is 2.55. The van der Waals surface area contributed by atoms with Crippen LogP contribution in [0.25, 0.3) is 11.1 Å². The summed E-state index contributed by atoms with van der Waals surface area (Å²) in [5.74, 6) is -6.18. The lowest BCUT2D eigenvalue weighted by molar-refractivity contribution is -0.330. The van der Waals surface area contributed by atoms with Crippen LogP contribution in [-0.2, 0) is 0 Å². The van der Waals surface area contributed by atoms with Crippen LogP contribution < -0.4 is 0 Å². The van der Waals surface area contributed by atoms with E-state index in [9.17, 15) is 30.7 Å². The summed E-state index contributed by atoms with van der Waals surface area (Å²) in [7, 11) is 0. The predicted molar refractivity (Wildman–Crippen MR) is 88.2 cm³/mol. The smallest absolute Gasteiger partial charge is 0.188 e. The van der Waals surface area contributed by atoms with Crippen molar-refractivity contribution in [2.45, 2.75) is 36.1 Å². The van der Waals surface area contributed by atoms with E-state index in [1.807, 2.05) is 0 Å². The van der Waals surface area contributed by atoms with Gasteiger partial charge in [-0.15, -0.1) is 0 Å². The Bertz CT molecular complexity index is 798. The summed E-state index contributed by atoms with van der Waals surface area (Å²) in [6.07, 6.45) is -6.37. The van der Waals surface area contributed by atoms with Crippen LogP contribution >= 0.6 is 23.4 Å². The predicted octanol–water partition coefficient (Wildman–Crippen LogP) is 7.51. The average molecular weight is 417 g/mol. The molecule has 0 aliphatic rings. The van der Waals surface area contributed by atoms with E-state index in [4.69, 9.17) is 11.6 Å². The van der Waals surface area contributed by atoms with E-state index in [2.05, 4.69) is 0 Å². The van der Waals surface area contributed by atoms with Gasteiger partial charge >= 0.3 is 17.4 Å². The van der Waals surface area contributed by atoms with Crippen LogP contribution in [-0.4, -0.2) is 17.4 Å². The van der Waals surface area contributed by atoms with E-state index in [0.717, 1.165) is 6.07 Å². The summed E-state index contributed by atoms with van der Waals surface area (Å²) >= 11 is 4.97. The molecule has 0 saturated carbocycles. The van der Waals surface area contributed by atoms with Gasteiger partial charge in [0.05, 0.1) is 0 Å². The molecule has 0 aliphatic carbocycles. The molecule has 26 heavy (non-hydrogen) atoms. The van der Waals surface area contributed by atoms with Crippen LogP contribution in [0.3, 0.4) is 0 Å². The van der Waals surface area contributed by atoms with E-state index in [1.165, 1.54) is 31.2 Å². The fraction of sp³-hybridized carbons (Fsp3) is 0.294. The lowest BCUT2D eigenvalue weighted by Gasteiger charge is -2.28. The number of rotatable bonds is 4. The minimum Gasteiger partial charge on any atom is -0.188 e. The fourth-order valence-corrected chi connectivity index (χ4v) is 3.63. The topological polar surface area (TPSA) is 0 Å². The Morgan fingerprint density at radius 1 is 0.846 bits per heavy atom. The molecule has 2 aromatic rings. The summed E-state index contributed by atoms with van der Waals surface area (Å²) in [6.45, 7) is 3.09. The zero-order chi connectivity index (χ0) is 19.9. The van der Waals surface area contributed by atoms with Crippen LogP contribution in [0.5, 0.6) is 0 Å². The van der Waals surface area contributed by atoms with Crippen molar-refractivity contribution in [3.63, 3.8) is 0 Å². The molecule has 0 atom stereocenters. The number of halogens is 8. The summed E-state index contributed by atoms with van der Waals surface area (Å²) in [6, 6.07) is 8.66. The largest absolute Gasteiger partial charge is 0.460 e. The Balaban J connectivity index is 2.58. The first-order chi connectivity index (χ1) is 11.8. The van der Waals surface area contributed by atoms with Gasteiger partial charge in [0.15, 0.2) is 0 Å². The van der Waals surface area contributed by atoms with Gasteiger partial charge < -0.3 is 0 Å². The molecule has 0 saturated heterocycles. The molecule has 0 radical (unpaired) electrons. The van der Waals surface area contributed by atoms with E-state index >= 15 is 0 Å². The normalized spacial score (nSPS) is 13.2. The molecule has 0 bridgehead atoms. The van der Waals surface area contributed by atoms with Gasteiger partial charge in [0, 0.05) is 9.92 Å². The Morgan fingerprint density at radius 2 is 1.38 bits per heavy atom. The first-order valence-electron chi connectivity index (χ1n) is 7.15. The first-order valence-corrected chi connectivity index (χ1v) is 8.34. The minimum absolute atomic E-state index is 0.148. The quantitative estimate of drug-likeness (QED) is 0.367. The zero-order valence-electron chi connectivity index (χ0n) is 13.4. The Labute approximate surface area is 154 Å². The van der Waals surface area contributed by atoms with Crippen molar-refractivity contribution in [1.29, 1.82) is 0 Å². The van der Waals surface area contributed by atoms with Crippen LogP contribution in [0.2, 0.25) is 5.02 Å². The van der Waals surface area contributed by atoms with E-state index in [1.54, 1.807) is 13.0 Å². The van der Waals surface area contributed by atoms with E-state index in [0.29, 0.717) is 21.7 Å². The van der Waals surface area contributed by atoms with Crippen LogP contribution in [0.4, 0.5) is 30.7 Å². The van der Waals surface area contributed by atoms with Gasteiger partial charge in [0.2, 0.25) is 0 Å². The fourth-order valence-electron chi connectivity index (χ4n) is 2.36. The average Bonchev–Trinajstić information content (AvgIpc) is 2.46. The molecule has 9 heteroatoms. The molecule has 0 heterocycles. The summed E-state index contributed by atoms with van der Waals surface area (Å²) in [5.41, 5.74) is 1.44. The van der Waals surface area contributed by atoms with Gasteiger partial charge in [-0.3, -0.25) is 0 Å². The molecule has 142 valence electrons. The zero-order valence-corrected chi connectivity index (χ0v) is 15.0. The van der Waals surface area contributed by atoms with Crippen molar-refractivity contribution in [3.8, 4) is 11.1 Å². The number of hydrogen-bond donors (Lipinski definition) is 0. The maximum absolute atomic E-state index is 13.9. The second-order valence-electron chi connectivity index (χ2n) is 5.65. The number of thioether (sulfide) groups is 1. The highest BCUT2D eigenvalue weighted by Gasteiger charge is 2.73. The van der Waals surface area contributed by atoms with Gasteiger partial charge in [-0.2, -0.15) is 30.7 Å². The van der Waals surface area contributed by atoms with Gasteiger partial charge in [0.25, 0.3) is 0 Å². The molecule has 0 N–H and O–H groups in total. The molecular weight excluding hydrogens is 405 g/mol. The van der Waals surface area contributed by atoms with Crippen molar-refractivity contribution >= 4 is 23.4 Å². The molecule has 2 rings (SSSR count). The molecule has 0 amide bonds. The minimum atomic E-state index is -6.37.